The van der Waals surface area contributed by atoms with E-state index in [4.69, 9.17) is 10.5 Å². The molecule has 20 heavy (non-hydrogen) atoms. The monoisotopic (exact) mass is 294 g/mol. The lowest BCUT2D eigenvalue weighted by molar-refractivity contribution is -0.122. The molecule has 1 atom stereocenters. The summed E-state index contributed by atoms with van der Waals surface area (Å²) in [6, 6.07) is 11.5. The Morgan fingerprint density at radius 3 is 2.55 bits per heavy atom. The van der Waals surface area contributed by atoms with E-state index >= 15 is 0 Å². The molecule has 3 N–H and O–H groups in total. The van der Waals surface area contributed by atoms with Crippen molar-refractivity contribution in [1.29, 1.82) is 0 Å². The molecular formula is C15H19ClN2O2. The number of hydrogen-bond donors (Lipinski definition) is 2. The first-order valence-corrected chi connectivity index (χ1v) is 6.20. The Bertz CT molecular complexity index is 599. The van der Waals surface area contributed by atoms with Crippen LogP contribution >= 0.6 is 12.4 Å². The van der Waals surface area contributed by atoms with E-state index in [0.717, 1.165) is 22.1 Å². The van der Waals surface area contributed by atoms with Crippen LogP contribution in [0.4, 0.5) is 0 Å². The smallest absolute Gasteiger partial charge is 0.236 e. The number of ether oxygens (including phenoxy) is 1. The number of halogens is 1. The van der Waals surface area contributed by atoms with Crippen molar-refractivity contribution in [1.82, 2.24) is 5.32 Å². The molecule has 0 aromatic heterocycles. The number of rotatable bonds is 4. The Morgan fingerprint density at radius 1 is 1.25 bits per heavy atom. The molecule has 0 aliphatic heterocycles. The summed E-state index contributed by atoms with van der Waals surface area (Å²) < 4.78 is 5.19. The molecule has 2 rings (SSSR count). The number of nitrogens with one attached hydrogen (secondary N) is 1. The molecule has 5 heteroatoms. The van der Waals surface area contributed by atoms with Gasteiger partial charge < -0.3 is 15.8 Å². The van der Waals surface area contributed by atoms with E-state index in [2.05, 4.69) is 11.4 Å². The Kier molecular flexibility index (Phi) is 5.80. The van der Waals surface area contributed by atoms with Crippen LogP contribution in [0.5, 0.6) is 5.75 Å². The molecule has 0 saturated carbocycles. The topological polar surface area (TPSA) is 64.3 Å². The molecule has 0 radical (unpaired) electrons. The Morgan fingerprint density at radius 2 is 1.90 bits per heavy atom. The van der Waals surface area contributed by atoms with E-state index in [0.29, 0.717) is 6.54 Å². The molecule has 0 unspecified atom stereocenters. The number of carbonyl (C=O) groups excluding carboxylic acids is 1. The van der Waals surface area contributed by atoms with E-state index < -0.39 is 6.04 Å². The molecule has 0 heterocycles. The van der Waals surface area contributed by atoms with Crippen molar-refractivity contribution in [2.24, 2.45) is 5.73 Å². The first-order valence-electron chi connectivity index (χ1n) is 6.20. The van der Waals surface area contributed by atoms with Crippen LogP contribution in [0.15, 0.2) is 36.4 Å². The summed E-state index contributed by atoms with van der Waals surface area (Å²) in [7, 11) is 1.65. The van der Waals surface area contributed by atoms with Gasteiger partial charge in [-0.2, -0.15) is 0 Å². The second kappa shape index (κ2) is 7.12. The largest absolute Gasteiger partial charge is 0.497 e. The summed E-state index contributed by atoms with van der Waals surface area (Å²) in [5.74, 6) is 0.695. The van der Waals surface area contributed by atoms with Crippen LogP contribution < -0.4 is 15.8 Å². The Hall–Kier alpha value is -1.78. The van der Waals surface area contributed by atoms with Crippen molar-refractivity contribution in [3.05, 3.63) is 42.0 Å². The zero-order chi connectivity index (χ0) is 13.8. The maximum absolute atomic E-state index is 11.4. The Labute approximate surface area is 124 Å². The van der Waals surface area contributed by atoms with Gasteiger partial charge >= 0.3 is 0 Å². The van der Waals surface area contributed by atoms with Gasteiger partial charge in [-0.3, -0.25) is 4.79 Å². The summed E-state index contributed by atoms with van der Waals surface area (Å²) in [6.45, 7) is 2.16. The lowest BCUT2D eigenvalue weighted by atomic mass is 10.1. The molecule has 0 spiro atoms. The standard InChI is InChI=1S/C15H18N2O2.ClH/c1-10(16)15(18)17-9-11-3-4-13-8-14(19-2)6-5-12(13)7-11;/h3-8,10H,9,16H2,1-2H3,(H,17,18);1H/t10-;/m0./s1. The van der Waals surface area contributed by atoms with Gasteiger partial charge in [0.25, 0.3) is 0 Å². The number of methoxy groups -OCH3 is 1. The predicted molar refractivity (Wildman–Crippen MR) is 83.2 cm³/mol. The third-order valence-electron chi connectivity index (χ3n) is 2.99. The summed E-state index contributed by atoms with van der Waals surface area (Å²) >= 11 is 0. The first kappa shape index (κ1) is 16.3. The van der Waals surface area contributed by atoms with Crippen molar-refractivity contribution in [2.75, 3.05) is 7.11 Å². The fourth-order valence-corrected chi connectivity index (χ4v) is 1.86. The Balaban J connectivity index is 0.00000200. The second-order valence-corrected chi connectivity index (χ2v) is 4.55. The van der Waals surface area contributed by atoms with Crippen LogP contribution in [0.25, 0.3) is 10.8 Å². The maximum Gasteiger partial charge on any atom is 0.236 e. The van der Waals surface area contributed by atoms with Crippen LogP contribution in [-0.4, -0.2) is 19.1 Å². The van der Waals surface area contributed by atoms with Gasteiger partial charge in [0.2, 0.25) is 5.91 Å². The van der Waals surface area contributed by atoms with E-state index in [1.165, 1.54) is 0 Å². The van der Waals surface area contributed by atoms with Crippen molar-refractivity contribution < 1.29 is 9.53 Å². The van der Waals surface area contributed by atoms with Gasteiger partial charge in [-0.1, -0.05) is 18.2 Å². The highest BCUT2D eigenvalue weighted by molar-refractivity contribution is 5.85. The van der Waals surface area contributed by atoms with Gasteiger partial charge in [0, 0.05) is 6.54 Å². The molecule has 0 saturated heterocycles. The van der Waals surface area contributed by atoms with Gasteiger partial charge in [-0.15, -0.1) is 12.4 Å². The van der Waals surface area contributed by atoms with E-state index in [-0.39, 0.29) is 18.3 Å². The van der Waals surface area contributed by atoms with E-state index in [9.17, 15) is 4.79 Å². The van der Waals surface area contributed by atoms with Crippen molar-refractivity contribution >= 4 is 29.1 Å². The molecule has 1 amide bonds. The fourth-order valence-electron chi connectivity index (χ4n) is 1.86. The molecule has 4 nitrogen and oxygen atoms in total. The van der Waals surface area contributed by atoms with Crippen molar-refractivity contribution in [2.45, 2.75) is 19.5 Å². The number of hydrogen-bond acceptors (Lipinski definition) is 3. The molecule has 0 aliphatic rings. The third kappa shape index (κ3) is 3.85. The van der Waals surface area contributed by atoms with Crippen LogP contribution in [0, 0.1) is 0 Å². The average molecular weight is 295 g/mol. The number of fused-ring (bicyclic) bond motifs is 1. The minimum absolute atomic E-state index is 0. The van der Waals surface area contributed by atoms with Gasteiger partial charge in [0.05, 0.1) is 13.2 Å². The highest BCUT2D eigenvalue weighted by atomic mass is 35.5. The van der Waals surface area contributed by atoms with Crippen LogP contribution in [0.3, 0.4) is 0 Å². The minimum Gasteiger partial charge on any atom is -0.497 e. The highest BCUT2D eigenvalue weighted by Crippen LogP contribution is 2.21. The van der Waals surface area contributed by atoms with Crippen molar-refractivity contribution in [3.63, 3.8) is 0 Å². The van der Waals surface area contributed by atoms with Gasteiger partial charge in [0.1, 0.15) is 5.75 Å². The SMILES string of the molecule is COc1ccc2cc(CNC(=O)[C@H](C)N)ccc2c1.Cl. The lowest BCUT2D eigenvalue weighted by Crippen LogP contribution is -2.37. The zero-order valence-corrected chi connectivity index (χ0v) is 12.4. The lowest BCUT2D eigenvalue weighted by Gasteiger charge is -2.09. The summed E-state index contributed by atoms with van der Waals surface area (Å²) in [5, 5.41) is 5.03. The zero-order valence-electron chi connectivity index (χ0n) is 11.6. The third-order valence-corrected chi connectivity index (χ3v) is 2.99. The first-order chi connectivity index (χ1) is 9.10. The molecule has 2 aromatic rings. The molecule has 0 fully saturated rings. The number of nitrogens with two attached hydrogens (primary N) is 1. The van der Waals surface area contributed by atoms with Crippen LogP contribution in [0.2, 0.25) is 0 Å². The molecule has 0 bridgehead atoms. The van der Waals surface area contributed by atoms with Gasteiger partial charge in [-0.05, 0) is 41.5 Å². The molecular weight excluding hydrogens is 276 g/mol. The second-order valence-electron chi connectivity index (χ2n) is 4.55. The molecule has 0 aliphatic carbocycles. The number of benzene rings is 2. The van der Waals surface area contributed by atoms with E-state index in [1.807, 2.05) is 30.3 Å². The minimum atomic E-state index is -0.482. The summed E-state index contributed by atoms with van der Waals surface area (Å²) in [4.78, 5) is 11.4. The summed E-state index contributed by atoms with van der Waals surface area (Å²) in [6.07, 6.45) is 0. The van der Waals surface area contributed by atoms with Gasteiger partial charge in [0.15, 0.2) is 0 Å². The average Bonchev–Trinajstić information content (AvgIpc) is 2.43. The van der Waals surface area contributed by atoms with Gasteiger partial charge in [-0.25, -0.2) is 0 Å². The molecule has 108 valence electrons. The molecule has 2 aromatic carbocycles. The highest BCUT2D eigenvalue weighted by Gasteiger charge is 2.06. The fraction of sp³-hybridized carbons (Fsp3) is 0.267. The normalized spacial score (nSPS) is 11.6. The predicted octanol–water partition coefficient (Wildman–Crippen LogP) is 2.23. The van der Waals surface area contributed by atoms with E-state index in [1.54, 1.807) is 14.0 Å². The van der Waals surface area contributed by atoms with Crippen LogP contribution in [0.1, 0.15) is 12.5 Å². The maximum atomic E-state index is 11.4. The van der Waals surface area contributed by atoms with Crippen LogP contribution in [-0.2, 0) is 11.3 Å². The number of amides is 1. The quantitative estimate of drug-likeness (QED) is 0.909. The van der Waals surface area contributed by atoms with Crippen molar-refractivity contribution in [3.8, 4) is 5.75 Å². The summed E-state index contributed by atoms with van der Waals surface area (Å²) in [5.41, 5.74) is 6.54. The number of carbonyl (C=O) groups is 1.